The molecule has 12 heteroatoms. The smallest absolute Gasteiger partial charge is 0.326 e. The van der Waals surface area contributed by atoms with E-state index in [4.69, 9.17) is 5.73 Å². The van der Waals surface area contributed by atoms with Crippen LogP contribution in [0.5, 0.6) is 0 Å². The molecule has 1 aromatic carbocycles. The number of likely N-dealkylation sites (tertiary alicyclic amines) is 2. The number of aliphatic carboxylic acids is 1. The summed E-state index contributed by atoms with van der Waals surface area (Å²) in [5, 5.41) is 13.3. The molecule has 206 valence electrons. The Hall–Kier alpha value is -4.19. The van der Waals surface area contributed by atoms with E-state index >= 15 is 0 Å². The fraction of sp³-hybridized carbons (Fsp3) is 0.444. The van der Waals surface area contributed by atoms with Crippen molar-refractivity contribution in [3.63, 3.8) is 0 Å². The first kappa shape index (κ1) is 26.4. The number of aromatic amines is 2. The zero-order valence-corrected chi connectivity index (χ0v) is 21.5. The van der Waals surface area contributed by atoms with Crippen molar-refractivity contribution in [2.75, 3.05) is 13.1 Å². The molecule has 3 amide bonds. The van der Waals surface area contributed by atoms with Gasteiger partial charge >= 0.3 is 5.97 Å². The molecule has 0 bridgehead atoms. The van der Waals surface area contributed by atoms with Gasteiger partial charge in [0.2, 0.25) is 17.7 Å². The molecule has 4 atom stereocenters. The van der Waals surface area contributed by atoms with Crippen LogP contribution in [0.2, 0.25) is 0 Å². The second-order valence-corrected chi connectivity index (χ2v) is 10.2. The topological polar surface area (TPSA) is 178 Å². The summed E-state index contributed by atoms with van der Waals surface area (Å²) in [7, 11) is 0. The zero-order chi connectivity index (χ0) is 27.5. The Labute approximate surface area is 224 Å². The molecular weight excluding hydrogens is 502 g/mol. The standard InChI is InChI=1S/C27H33N7O5/c28-19(11-16-13-30-20-6-2-1-5-18(16)20)24(35)32-21(12-17-14-29-15-31-17)25(36)33-9-3-7-22(33)26(37)34-10-4-8-23(34)27(38)39/h1-2,5-6,13-15,19,21-23,30H,3-4,7-12,28H2,(H,29,31)(H,32,35)(H,38,39). The third kappa shape index (κ3) is 5.51. The largest absolute Gasteiger partial charge is 0.480 e. The minimum Gasteiger partial charge on any atom is -0.480 e. The van der Waals surface area contributed by atoms with Crippen LogP contribution >= 0.6 is 0 Å². The number of nitrogens with two attached hydrogens (primary N) is 1. The number of hydrogen-bond donors (Lipinski definition) is 5. The first-order valence-corrected chi connectivity index (χ1v) is 13.3. The van der Waals surface area contributed by atoms with Crippen molar-refractivity contribution in [3.8, 4) is 0 Å². The van der Waals surface area contributed by atoms with Crippen LogP contribution in [0.3, 0.4) is 0 Å². The number of fused-ring (bicyclic) bond motifs is 1. The number of amides is 3. The van der Waals surface area contributed by atoms with E-state index in [1.807, 2.05) is 30.5 Å². The number of nitrogens with one attached hydrogen (secondary N) is 3. The highest BCUT2D eigenvalue weighted by Crippen LogP contribution is 2.26. The van der Waals surface area contributed by atoms with Crippen molar-refractivity contribution < 1.29 is 24.3 Å². The summed E-state index contributed by atoms with van der Waals surface area (Å²) < 4.78 is 0. The lowest BCUT2D eigenvalue weighted by Crippen LogP contribution is -2.57. The summed E-state index contributed by atoms with van der Waals surface area (Å²) in [6, 6.07) is 4.21. The van der Waals surface area contributed by atoms with Gasteiger partial charge in [0.25, 0.3) is 0 Å². The Balaban J connectivity index is 1.31. The minimum absolute atomic E-state index is 0.142. The molecule has 2 saturated heterocycles. The van der Waals surface area contributed by atoms with Gasteiger partial charge in [-0.05, 0) is 43.7 Å². The molecule has 4 heterocycles. The predicted molar refractivity (Wildman–Crippen MR) is 141 cm³/mol. The number of imidazole rings is 1. The van der Waals surface area contributed by atoms with Crippen LogP contribution in [-0.4, -0.2) is 90.8 Å². The number of aromatic nitrogens is 3. The van der Waals surface area contributed by atoms with Crippen LogP contribution in [0, 0.1) is 0 Å². The van der Waals surface area contributed by atoms with E-state index < -0.39 is 42.0 Å². The number of rotatable bonds is 9. The van der Waals surface area contributed by atoms with E-state index in [0.717, 1.165) is 16.5 Å². The third-order valence-corrected chi connectivity index (χ3v) is 7.69. The van der Waals surface area contributed by atoms with Crippen LogP contribution in [0.1, 0.15) is 36.9 Å². The lowest BCUT2D eigenvalue weighted by Gasteiger charge is -2.32. The number of nitrogens with zero attached hydrogens (tertiary/aromatic N) is 3. The summed E-state index contributed by atoms with van der Waals surface area (Å²) >= 11 is 0. The molecule has 2 aliphatic rings. The number of para-hydroxylation sites is 1. The van der Waals surface area contributed by atoms with Crippen molar-refractivity contribution in [3.05, 3.63) is 54.2 Å². The van der Waals surface area contributed by atoms with Crippen LogP contribution in [0.25, 0.3) is 10.9 Å². The predicted octanol–water partition coefficient (Wildman–Crippen LogP) is 0.555. The number of hydrogen-bond acceptors (Lipinski definition) is 6. The number of H-pyrrole nitrogens is 2. The van der Waals surface area contributed by atoms with E-state index in [-0.39, 0.29) is 18.7 Å². The Bertz CT molecular complexity index is 1350. The van der Waals surface area contributed by atoms with Gasteiger partial charge in [0.1, 0.15) is 18.1 Å². The highest BCUT2D eigenvalue weighted by molar-refractivity contribution is 5.95. The molecule has 12 nitrogen and oxygen atoms in total. The van der Waals surface area contributed by atoms with Crippen molar-refractivity contribution in [2.24, 2.45) is 5.73 Å². The van der Waals surface area contributed by atoms with Crippen LogP contribution < -0.4 is 11.1 Å². The molecule has 2 fully saturated rings. The number of carbonyl (C=O) groups excluding carboxylic acids is 3. The minimum atomic E-state index is -1.04. The van der Waals surface area contributed by atoms with Crippen LogP contribution in [0.15, 0.2) is 43.0 Å². The molecule has 5 rings (SSSR count). The molecule has 39 heavy (non-hydrogen) atoms. The van der Waals surface area contributed by atoms with Gasteiger partial charge in [0.05, 0.1) is 12.4 Å². The molecule has 0 aliphatic carbocycles. The van der Waals surface area contributed by atoms with Crippen LogP contribution in [-0.2, 0) is 32.0 Å². The maximum atomic E-state index is 13.8. The highest BCUT2D eigenvalue weighted by atomic mass is 16.4. The zero-order valence-electron chi connectivity index (χ0n) is 21.5. The van der Waals surface area contributed by atoms with Gasteiger partial charge < -0.3 is 35.9 Å². The number of carboxylic acid groups (broad SMARTS) is 1. The average Bonchev–Trinajstić information content (AvgIpc) is 3.74. The van der Waals surface area contributed by atoms with E-state index in [1.165, 1.54) is 16.1 Å². The number of carbonyl (C=O) groups is 4. The van der Waals surface area contributed by atoms with Crippen LogP contribution in [0.4, 0.5) is 0 Å². The quantitative estimate of drug-likeness (QED) is 0.266. The first-order chi connectivity index (χ1) is 18.8. The second-order valence-electron chi connectivity index (χ2n) is 10.2. The second kappa shape index (κ2) is 11.3. The third-order valence-electron chi connectivity index (χ3n) is 7.69. The maximum absolute atomic E-state index is 13.8. The summed E-state index contributed by atoms with van der Waals surface area (Å²) in [5.41, 5.74) is 8.78. The van der Waals surface area contributed by atoms with Crippen molar-refractivity contribution in [2.45, 2.75) is 62.7 Å². The van der Waals surface area contributed by atoms with Gasteiger partial charge in [-0.2, -0.15) is 0 Å². The Morgan fingerprint density at radius 2 is 1.79 bits per heavy atom. The molecule has 3 aromatic rings. The van der Waals surface area contributed by atoms with Gasteiger partial charge in [0, 0.05) is 48.5 Å². The Kier molecular flexibility index (Phi) is 7.64. The Morgan fingerprint density at radius 3 is 2.54 bits per heavy atom. The summed E-state index contributed by atoms with van der Waals surface area (Å²) in [5.74, 6) is -2.27. The summed E-state index contributed by atoms with van der Waals surface area (Å²) in [4.78, 5) is 65.1. The van der Waals surface area contributed by atoms with E-state index in [0.29, 0.717) is 44.5 Å². The number of carboxylic acids is 1. The Morgan fingerprint density at radius 1 is 1.05 bits per heavy atom. The fourth-order valence-electron chi connectivity index (χ4n) is 5.69. The van der Waals surface area contributed by atoms with Crippen molar-refractivity contribution in [1.82, 2.24) is 30.1 Å². The lowest BCUT2D eigenvalue weighted by atomic mass is 10.0. The first-order valence-electron chi connectivity index (χ1n) is 13.3. The van der Waals surface area contributed by atoms with Gasteiger partial charge in [-0.15, -0.1) is 0 Å². The lowest BCUT2D eigenvalue weighted by molar-refractivity contribution is -0.152. The molecule has 6 N–H and O–H groups in total. The van der Waals surface area contributed by atoms with E-state index in [9.17, 15) is 24.3 Å². The van der Waals surface area contributed by atoms with Gasteiger partial charge in [-0.25, -0.2) is 9.78 Å². The van der Waals surface area contributed by atoms with Gasteiger partial charge in [-0.3, -0.25) is 14.4 Å². The van der Waals surface area contributed by atoms with Gasteiger partial charge in [0.15, 0.2) is 0 Å². The molecule has 2 aromatic heterocycles. The van der Waals surface area contributed by atoms with E-state index in [2.05, 4.69) is 20.3 Å². The van der Waals surface area contributed by atoms with E-state index in [1.54, 1.807) is 6.20 Å². The fourth-order valence-corrected chi connectivity index (χ4v) is 5.69. The van der Waals surface area contributed by atoms with Gasteiger partial charge in [-0.1, -0.05) is 18.2 Å². The SMILES string of the molecule is NC(Cc1c[nH]c2ccccc12)C(=O)NC(Cc1cnc[nH]1)C(=O)N1CCCC1C(=O)N1CCCC1C(=O)O. The average molecular weight is 536 g/mol. The molecular formula is C27H33N7O5. The molecule has 4 unspecified atom stereocenters. The monoisotopic (exact) mass is 535 g/mol. The normalized spacial score (nSPS) is 20.7. The maximum Gasteiger partial charge on any atom is 0.326 e. The number of benzene rings is 1. The molecule has 0 saturated carbocycles. The molecule has 0 spiro atoms. The van der Waals surface area contributed by atoms with Crippen molar-refractivity contribution >= 4 is 34.6 Å². The van der Waals surface area contributed by atoms with Crippen molar-refractivity contribution in [1.29, 1.82) is 0 Å². The molecule has 2 aliphatic heterocycles. The highest BCUT2D eigenvalue weighted by Gasteiger charge is 2.43. The molecule has 0 radical (unpaired) electrons. The summed E-state index contributed by atoms with van der Waals surface area (Å²) in [6.07, 6.45) is 7.37. The summed E-state index contributed by atoms with van der Waals surface area (Å²) in [6.45, 7) is 0.697.